The van der Waals surface area contributed by atoms with Crippen molar-refractivity contribution in [2.24, 2.45) is 0 Å². The van der Waals surface area contributed by atoms with Crippen LogP contribution in [0.4, 0.5) is 13.2 Å². The minimum atomic E-state index is -4.40. The molecule has 2 amide bonds. The van der Waals surface area contributed by atoms with E-state index in [0.717, 1.165) is 12.1 Å². The van der Waals surface area contributed by atoms with E-state index in [2.05, 4.69) is 10.5 Å². The summed E-state index contributed by atoms with van der Waals surface area (Å²) in [6.45, 7) is 0.546. The largest absolute Gasteiger partial charge is 0.507 e. The van der Waals surface area contributed by atoms with Crippen LogP contribution in [0.15, 0.2) is 59.1 Å². The lowest BCUT2D eigenvalue weighted by molar-refractivity contribution is -0.137. The summed E-state index contributed by atoms with van der Waals surface area (Å²) in [5.41, 5.74) is -0.386. The monoisotopic (exact) mass is 489 g/mol. The zero-order valence-corrected chi connectivity index (χ0v) is 18.4. The number of hydrogen-bond acceptors (Lipinski definition) is 6. The van der Waals surface area contributed by atoms with Gasteiger partial charge in [0.2, 0.25) is 5.91 Å². The van der Waals surface area contributed by atoms with E-state index in [1.807, 2.05) is 0 Å². The number of amides is 2. The maximum absolute atomic E-state index is 12.7. The van der Waals surface area contributed by atoms with Crippen molar-refractivity contribution in [2.75, 3.05) is 19.6 Å². The van der Waals surface area contributed by atoms with E-state index in [0.29, 0.717) is 37.2 Å². The van der Waals surface area contributed by atoms with Crippen LogP contribution in [0.1, 0.15) is 28.9 Å². The van der Waals surface area contributed by atoms with Gasteiger partial charge in [0.25, 0.3) is 5.91 Å². The number of nitrogens with zero attached hydrogens (tertiary/aromatic N) is 2. The molecule has 3 aromatic rings. The van der Waals surface area contributed by atoms with Crippen molar-refractivity contribution in [3.8, 4) is 22.8 Å². The highest BCUT2D eigenvalue weighted by molar-refractivity contribution is 5.95. The van der Waals surface area contributed by atoms with Gasteiger partial charge in [-0.1, -0.05) is 17.3 Å². The number of halogens is 3. The van der Waals surface area contributed by atoms with Crippen molar-refractivity contribution in [3.63, 3.8) is 0 Å². The number of alkyl halides is 3. The van der Waals surface area contributed by atoms with E-state index < -0.39 is 17.6 Å². The average molecular weight is 489 g/mol. The Morgan fingerprint density at radius 1 is 1.11 bits per heavy atom. The molecule has 4 rings (SSSR count). The predicted molar refractivity (Wildman–Crippen MR) is 118 cm³/mol. The molecule has 0 atom stereocenters. The van der Waals surface area contributed by atoms with Crippen LogP contribution < -0.4 is 10.1 Å². The molecular weight excluding hydrogens is 467 g/mol. The standard InChI is InChI=1S/C24H22F3N3O5/c25-24(26,27)15-5-7-16(8-6-15)34-17-9-11-30(12-10-17)22(32)14-28-23(33)19-13-21(35-29-19)18-3-1-2-4-20(18)31/h1-8,13,17,31H,9-12,14H2,(H,28,33). The fourth-order valence-corrected chi connectivity index (χ4v) is 3.69. The smallest absolute Gasteiger partial charge is 0.416 e. The fraction of sp³-hybridized carbons (Fsp3) is 0.292. The van der Waals surface area contributed by atoms with Crippen LogP contribution in [0.2, 0.25) is 0 Å². The summed E-state index contributed by atoms with van der Waals surface area (Å²) in [6, 6.07) is 12.3. The first kappa shape index (κ1) is 24.1. The molecule has 2 N–H and O–H groups in total. The zero-order valence-electron chi connectivity index (χ0n) is 18.4. The Morgan fingerprint density at radius 3 is 2.46 bits per heavy atom. The molecule has 1 fully saturated rings. The summed E-state index contributed by atoms with van der Waals surface area (Å²) < 4.78 is 48.9. The van der Waals surface area contributed by atoms with Crippen molar-refractivity contribution in [1.29, 1.82) is 0 Å². The second-order valence-corrected chi connectivity index (χ2v) is 8.00. The third kappa shape index (κ3) is 5.92. The first-order chi connectivity index (χ1) is 16.7. The first-order valence-electron chi connectivity index (χ1n) is 10.9. The lowest BCUT2D eigenvalue weighted by atomic mass is 10.1. The van der Waals surface area contributed by atoms with E-state index in [-0.39, 0.29) is 35.8 Å². The lowest BCUT2D eigenvalue weighted by Crippen LogP contribution is -2.46. The lowest BCUT2D eigenvalue weighted by Gasteiger charge is -2.32. The van der Waals surface area contributed by atoms with Crippen molar-refractivity contribution in [1.82, 2.24) is 15.4 Å². The number of hydrogen-bond donors (Lipinski definition) is 2. The Balaban J connectivity index is 1.23. The molecule has 8 nitrogen and oxygen atoms in total. The van der Waals surface area contributed by atoms with Gasteiger partial charge >= 0.3 is 6.18 Å². The summed E-state index contributed by atoms with van der Waals surface area (Å²) in [7, 11) is 0. The van der Waals surface area contributed by atoms with E-state index in [4.69, 9.17) is 9.26 Å². The number of phenolic OH excluding ortho intramolecular Hbond substituents is 1. The molecule has 0 unspecified atom stereocenters. The van der Waals surface area contributed by atoms with Gasteiger partial charge in [-0.2, -0.15) is 13.2 Å². The van der Waals surface area contributed by atoms with Gasteiger partial charge in [-0.25, -0.2) is 0 Å². The minimum Gasteiger partial charge on any atom is -0.507 e. The van der Waals surface area contributed by atoms with Gasteiger partial charge in [-0.05, 0) is 36.4 Å². The summed E-state index contributed by atoms with van der Waals surface area (Å²) in [6.07, 6.45) is -3.61. The molecule has 0 bridgehead atoms. The SMILES string of the molecule is O=C(NCC(=O)N1CCC(Oc2ccc(C(F)(F)F)cc2)CC1)c1cc(-c2ccccc2O)on1. The first-order valence-corrected chi connectivity index (χ1v) is 10.9. The van der Waals surface area contributed by atoms with E-state index in [9.17, 15) is 27.9 Å². The molecule has 0 radical (unpaired) electrons. The maximum atomic E-state index is 12.7. The van der Waals surface area contributed by atoms with Gasteiger partial charge in [0.05, 0.1) is 17.7 Å². The number of nitrogens with one attached hydrogen (secondary N) is 1. The van der Waals surface area contributed by atoms with Gasteiger partial charge in [-0.3, -0.25) is 9.59 Å². The average Bonchev–Trinajstić information content (AvgIpc) is 3.33. The number of aromatic hydroxyl groups is 1. The number of ether oxygens (including phenoxy) is 1. The summed E-state index contributed by atoms with van der Waals surface area (Å²) in [5.74, 6) is -0.336. The predicted octanol–water partition coefficient (Wildman–Crippen LogP) is 3.87. The number of likely N-dealkylation sites (tertiary alicyclic amines) is 1. The number of para-hydroxylation sites is 1. The van der Waals surface area contributed by atoms with Gasteiger partial charge < -0.3 is 24.6 Å². The summed E-state index contributed by atoms with van der Waals surface area (Å²) in [4.78, 5) is 26.4. The fourth-order valence-electron chi connectivity index (χ4n) is 3.69. The van der Waals surface area contributed by atoms with Crippen LogP contribution in [0.5, 0.6) is 11.5 Å². The van der Waals surface area contributed by atoms with Gasteiger partial charge in [0.1, 0.15) is 17.6 Å². The van der Waals surface area contributed by atoms with E-state index in [1.54, 1.807) is 23.1 Å². The van der Waals surface area contributed by atoms with Crippen LogP contribution in [0.25, 0.3) is 11.3 Å². The molecule has 2 aromatic carbocycles. The molecular formula is C24H22F3N3O5. The quantitative estimate of drug-likeness (QED) is 0.545. The van der Waals surface area contributed by atoms with Crippen LogP contribution in [-0.4, -0.2) is 52.7 Å². The molecule has 11 heteroatoms. The van der Waals surface area contributed by atoms with Crippen molar-refractivity contribution in [3.05, 3.63) is 65.9 Å². The number of aromatic nitrogens is 1. The second kappa shape index (κ2) is 10.1. The number of piperidine rings is 1. The molecule has 1 aliphatic rings. The molecule has 1 aromatic heterocycles. The Kier molecular flexibility index (Phi) is 6.94. The summed E-state index contributed by atoms with van der Waals surface area (Å²) in [5, 5.41) is 16.1. The highest BCUT2D eigenvalue weighted by Crippen LogP contribution is 2.31. The number of rotatable bonds is 6. The molecule has 2 heterocycles. The Hall–Kier alpha value is -4.02. The summed E-state index contributed by atoms with van der Waals surface area (Å²) >= 11 is 0. The zero-order chi connectivity index (χ0) is 25.0. The number of carbonyl (C=O) groups is 2. The highest BCUT2D eigenvalue weighted by Gasteiger charge is 2.30. The van der Waals surface area contributed by atoms with Gasteiger partial charge in [-0.15, -0.1) is 0 Å². The van der Waals surface area contributed by atoms with Crippen LogP contribution in [-0.2, 0) is 11.0 Å². The molecule has 0 saturated carbocycles. The van der Waals surface area contributed by atoms with Gasteiger partial charge in [0, 0.05) is 32.0 Å². The normalized spacial score (nSPS) is 14.5. The van der Waals surface area contributed by atoms with Crippen molar-refractivity contribution >= 4 is 11.8 Å². The second-order valence-electron chi connectivity index (χ2n) is 8.00. The number of carbonyl (C=O) groups excluding carboxylic acids is 2. The third-order valence-corrected chi connectivity index (χ3v) is 5.59. The van der Waals surface area contributed by atoms with Crippen LogP contribution >= 0.6 is 0 Å². The number of phenols is 1. The Morgan fingerprint density at radius 2 is 1.80 bits per heavy atom. The van der Waals surface area contributed by atoms with Crippen molar-refractivity contribution < 1.29 is 37.1 Å². The molecule has 35 heavy (non-hydrogen) atoms. The molecule has 0 spiro atoms. The molecule has 1 aliphatic heterocycles. The molecule has 0 aliphatic carbocycles. The maximum Gasteiger partial charge on any atom is 0.416 e. The minimum absolute atomic E-state index is 0.0171. The Labute approximate surface area is 198 Å². The molecule has 1 saturated heterocycles. The van der Waals surface area contributed by atoms with E-state index >= 15 is 0 Å². The molecule has 184 valence electrons. The van der Waals surface area contributed by atoms with Crippen LogP contribution in [0.3, 0.4) is 0 Å². The van der Waals surface area contributed by atoms with Crippen LogP contribution in [0, 0.1) is 0 Å². The van der Waals surface area contributed by atoms with Gasteiger partial charge in [0.15, 0.2) is 11.5 Å². The highest BCUT2D eigenvalue weighted by atomic mass is 19.4. The number of benzene rings is 2. The van der Waals surface area contributed by atoms with E-state index in [1.165, 1.54) is 24.3 Å². The Bertz CT molecular complexity index is 1190. The van der Waals surface area contributed by atoms with Crippen molar-refractivity contribution in [2.45, 2.75) is 25.1 Å². The topological polar surface area (TPSA) is 105 Å². The third-order valence-electron chi connectivity index (χ3n) is 5.59.